The molecule has 8 heteroatoms. The van der Waals surface area contributed by atoms with Crippen LogP contribution in [0.4, 0.5) is 0 Å². The first-order valence-electron chi connectivity index (χ1n) is 6.26. The van der Waals surface area contributed by atoms with Gasteiger partial charge in [-0.05, 0) is 12.8 Å². The molecule has 20 heavy (non-hydrogen) atoms. The lowest BCUT2D eigenvalue weighted by molar-refractivity contribution is -0.146. The van der Waals surface area contributed by atoms with Crippen molar-refractivity contribution in [1.82, 2.24) is 9.80 Å². The number of hydrogen-bond acceptors (Lipinski definition) is 5. The predicted molar refractivity (Wildman–Crippen MR) is 68.2 cm³/mol. The van der Waals surface area contributed by atoms with E-state index in [1.807, 2.05) is 0 Å². The van der Waals surface area contributed by atoms with Crippen molar-refractivity contribution in [2.75, 3.05) is 19.6 Å². The molecular weight excluding hydrogens is 264 g/mol. The molecule has 1 saturated heterocycles. The van der Waals surface area contributed by atoms with Gasteiger partial charge in [-0.3, -0.25) is 19.3 Å². The molecule has 1 heterocycles. The van der Waals surface area contributed by atoms with Gasteiger partial charge in [0.2, 0.25) is 11.8 Å². The van der Waals surface area contributed by atoms with E-state index >= 15 is 0 Å². The molecule has 0 radical (unpaired) electrons. The Balaban J connectivity index is 2.81. The zero-order valence-electron chi connectivity index (χ0n) is 11.3. The van der Waals surface area contributed by atoms with Crippen LogP contribution in [0.25, 0.3) is 0 Å². The summed E-state index contributed by atoms with van der Waals surface area (Å²) in [7, 11) is 0. The number of carboxylic acids is 1. The minimum Gasteiger partial charge on any atom is -0.480 e. The molecule has 0 unspecified atom stereocenters. The summed E-state index contributed by atoms with van der Waals surface area (Å²) in [5.41, 5.74) is 5.14. The highest BCUT2D eigenvalue weighted by molar-refractivity contribution is 5.80. The minimum absolute atomic E-state index is 0.0759. The van der Waals surface area contributed by atoms with Crippen molar-refractivity contribution in [2.24, 2.45) is 5.73 Å². The molecular formula is C12H18N4O4. The summed E-state index contributed by atoms with van der Waals surface area (Å²) in [6, 6.07) is 1.33. The van der Waals surface area contributed by atoms with Crippen LogP contribution in [0.15, 0.2) is 0 Å². The van der Waals surface area contributed by atoms with Gasteiger partial charge < -0.3 is 15.7 Å². The average molecular weight is 282 g/mol. The van der Waals surface area contributed by atoms with Crippen LogP contribution in [0.1, 0.15) is 19.8 Å². The van der Waals surface area contributed by atoms with E-state index in [4.69, 9.17) is 16.1 Å². The number of carboxylic acid groups (broad SMARTS) is 1. The average Bonchev–Trinajstić information content (AvgIpc) is 2.34. The van der Waals surface area contributed by atoms with Crippen LogP contribution in [0.3, 0.4) is 0 Å². The number of amides is 2. The first-order chi connectivity index (χ1) is 9.35. The van der Waals surface area contributed by atoms with E-state index < -0.39 is 17.9 Å². The van der Waals surface area contributed by atoms with Gasteiger partial charge in [0.05, 0.1) is 18.7 Å². The second kappa shape index (κ2) is 6.86. The topological polar surface area (TPSA) is 128 Å². The molecule has 0 aromatic carbocycles. The summed E-state index contributed by atoms with van der Waals surface area (Å²) in [5.74, 6) is -1.99. The number of aliphatic carboxylic acids is 1. The zero-order valence-corrected chi connectivity index (χ0v) is 11.3. The lowest BCUT2D eigenvalue weighted by Gasteiger charge is -2.40. The molecule has 1 aliphatic rings. The van der Waals surface area contributed by atoms with Gasteiger partial charge in [0.25, 0.3) is 0 Å². The summed E-state index contributed by atoms with van der Waals surface area (Å²) in [6.45, 7) is 1.11. The van der Waals surface area contributed by atoms with E-state index in [1.165, 1.54) is 11.8 Å². The third-order valence-corrected chi connectivity index (χ3v) is 3.32. The largest absolute Gasteiger partial charge is 0.480 e. The summed E-state index contributed by atoms with van der Waals surface area (Å²) in [6.07, 6.45) is 0.998. The molecule has 3 N–H and O–H groups in total. The van der Waals surface area contributed by atoms with E-state index in [-0.39, 0.29) is 31.6 Å². The van der Waals surface area contributed by atoms with Crippen LogP contribution < -0.4 is 5.73 Å². The molecule has 0 saturated carbocycles. The molecule has 0 aromatic heterocycles. The van der Waals surface area contributed by atoms with Gasteiger partial charge >= 0.3 is 5.97 Å². The Morgan fingerprint density at radius 3 is 2.55 bits per heavy atom. The summed E-state index contributed by atoms with van der Waals surface area (Å²) < 4.78 is 0. The van der Waals surface area contributed by atoms with Crippen molar-refractivity contribution in [1.29, 1.82) is 5.26 Å². The molecule has 110 valence electrons. The molecule has 2 atom stereocenters. The van der Waals surface area contributed by atoms with Crippen molar-refractivity contribution in [3.8, 4) is 6.07 Å². The molecule has 0 spiro atoms. The van der Waals surface area contributed by atoms with Gasteiger partial charge in [-0.1, -0.05) is 0 Å². The van der Waals surface area contributed by atoms with Crippen molar-refractivity contribution >= 4 is 17.8 Å². The SMILES string of the molecule is CC(=O)N(CC(=O)O)[C@@H]1CC[C@@H](C#N)N(CC(N)=O)C1. The standard InChI is InChI=1S/C12H18N4O4/c1-8(17)16(7-12(19)20)10-3-2-9(4-13)15(5-10)6-11(14)18/h9-10H,2-3,5-7H2,1H3,(H2,14,18)(H,19,20)/t9-,10+/m0/s1. The number of nitrogens with zero attached hydrogens (tertiary/aromatic N) is 3. The second-order valence-electron chi connectivity index (χ2n) is 4.81. The maximum Gasteiger partial charge on any atom is 0.323 e. The quantitative estimate of drug-likeness (QED) is 0.649. The third-order valence-electron chi connectivity index (χ3n) is 3.32. The maximum atomic E-state index is 11.5. The van der Waals surface area contributed by atoms with Gasteiger partial charge in [0.15, 0.2) is 0 Å². The number of hydrogen-bond donors (Lipinski definition) is 2. The predicted octanol–water partition coefficient (Wildman–Crippen LogP) is -1.24. The fourth-order valence-corrected chi connectivity index (χ4v) is 2.44. The summed E-state index contributed by atoms with van der Waals surface area (Å²) >= 11 is 0. The first kappa shape index (κ1) is 15.9. The Hall–Kier alpha value is -2.14. The van der Waals surface area contributed by atoms with Crippen LogP contribution in [0, 0.1) is 11.3 Å². The van der Waals surface area contributed by atoms with Crippen LogP contribution >= 0.6 is 0 Å². The van der Waals surface area contributed by atoms with Gasteiger partial charge in [0.1, 0.15) is 6.54 Å². The van der Waals surface area contributed by atoms with E-state index in [0.29, 0.717) is 12.8 Å². The normalized spacial score (nSPS) is 22.8. The Morgan fingerprint density at radius 2 is 2.10 bits per heavy atom. The Labute approximate surface area is 116 Å². The highest BCUT2D eigenvalue weighted by Crippen LogP contribution is 2.21. The highest BCUT2D eigenvalue weighted by Gasteiger charge is 2.33. The number of nitrogens with two attached hydrogens (primary N) is 1. The van der Waals surface area contributed by atoms with Crippen molar-refractivity contribution < 1.29 is 19.5 Å². The molecule has 2 amide bonds. The van der Waals surface area contributed by atoms with Gasteiger partial charge in [-0.15, -0.1) is 0 Å². The highest BCUT2D eigenvalue weighted by atomic mass is 16.4. The molecule has 0 aromatic rings. The monoisotopic (exact) mass is 282 g/mol. The fourth-order valence-electron chi connectivity index (χ4n) is 2.44. The number of carbonyl (C=O) groups excluding carboxylic acids is 2. The van der Waals surface area contributed by atoms with Crippen LogP contribution in [0.2, 0.25) is 0 Å². The van der Waals surface area contributed by atoms with Crippen LogP contribution in [-0.2, 0) is 14.4 Å². The van der Waals surface area contributed by atoms with E-state index in [9.17, 15) is 14.4 Å². The first-order valence-corrected chi connectivity index (χ1v) is 6.26. The third kappa shape index (κ3) is 4.20. The van der Waals surface area contributed by atoms with Crippen LogP contribution in [-0.4, -0.2) is 64.4 Å². The van der Waals surface area contributed by atoms with Crippen LogP contribution in [0.5, 0.6) is 0 Å². The number of primary amides is 1. The minimum atomic E-state index is -1.09. The number of likely N-dealkylation sites (tertiary alicyclic amines) is 1. The van der Waals surface area contributed by atoms with E-state index in [2.05, 4.69) is 6.07 Å². The van der Waals surface area contributed by atoms with Crippen molar-refractivity contribution in [3.05, 3.63) is 0 Å². The number of rotatable bonds is 5. The zero-order chi connectivity index (χ0) is 15.3. The molecule has 1 rings (SSSR count). The number of carbonyl (C=O) groups is 3. The second-order valence-corrected chi connectivity index (χ2v) is 4.81. The van der Waals surface area contributed by atoms with Crippen molar-refractivity contribution in [3.63, 3.8) is 0 Å². The van der Waals surface area contributed by atoms with E-state index in [1.54, 1.807) is 4.90 Å². The summed E-state index contributed by atoms with van der Waals surface area (Å²) in [5, 5.41) is 17.9. The molecule has 1 fully saturated rings. The molecule has 1 aliphatic heterocycles. The Morgan fingerprint density at radius 1 is 1.45 bits per heavy atom. The van der Waals surface area contributed by atoms with Gasteiger partial charge in [-0.25, -0.2) is 0 Å². The Bertz CT molecular complexity index is 445. The lowest BCUT2D eigenvalue weighted by atomic mass is 9.97. The van der Waals surface area contributed by atoms with Crippen molar-refractivity contribution in [2.45, 2.75) is 31.8 Å². The van der Waals surface area contributed by atoms with E-state index in [0.717, 1.165) is 0 Å². The Kier molecular flexibility index (Phi) is 5.46. The van der Waals surface area contributed by atoms with Gasteiger partial charge in [-0.2, -0.15) is 5.26 Å². The maximum absolute atomic E-state index is 11.5. The number of piperidine rings is 1. The summed E-state index contributed by atoms with van der Waals surface area (Å²) in [4.78, 5) is 36.2. The van der Waals surface area contributed by atoms with Gasteiger partial charge in [0, 0.05) is 19.5 Å². The smallest absolute Gasteiger partial charge is 0.323 e. The number of nitriles is 1. The molecule has 0 bridgehead atoms. The lowest BCUT2D eigenvalue weighted by Crippen LogP contribution is -2.55. The molecule has 0 aliphatic carbocycles. The fraction of sp³-hybridized carbons (Fsp3) is 0.667. The molecule has 8 nitrogen and oxygen atoms in total.